The molecule has 0 spiro atoms. The predicted octanol–water partition coefficient (Wildman–Crippen LogP) is 4.17. The van der Waals surface area contributed by atoms with E-state index >= 15 is 0 Å². The molecule has 0 saturated heterocycles. The number of rotatable bonds is 2. The first-order valence-corrected chi connectivity index (χ1v) is 7.20. The standard InChI is InChI=1S/C19H15NO/c21-20-19(15-5-2-1-3-6-15)17-12-11-14-10-9-13-7-4-8-16(17)18(13)14/h1-8,11-12,21H,9-10H2/b20-19-. The zero-order valence-corrected chi connectivity index (χ0v) is 11.6. The van der Waals surface area contributed by atoms with E-state index in [1.807, 2.05) is 30.3 Å². The van der Waals surface area contributed by atoms with Crippen molar-refractivity contribution in [2.75, 3.05) is 0 Å². The highest BCUT2D eigenvalue weighted by molar-refractivity contribution is 6.20. The monoisotopic (exact) mass is 273 g/mol. The van der Waals surface area contributed by atoms with Gasteiger partial charge in [0.1, 0.15) is 5.71 Å². The van der Waals surface area contributed by atoms with Crippen molar-refractivity contribution in [2.45, 2.75) is 12.8 Å². The Hall–Kier alpha value is -2.61. The lowest BCUT2D eigenvalue weighted by atomic mass is 9.94. The van der Waals surface area contributed by atoms with Crippen molar-refractivity contribution in [3.8, 4) is 0 Å². The minimum Gasteiger partial charge on any atom is -0.410 e. The van der Waals surface area contributed by atoms with Gasteiger partial charge in [0, 0.05) is 11.1 Å². The quantitative estimate of drug-likeness (QED) is 0.424. The van der Waals surface area contributed by atoms with E-state index in [0.717, 1.165) is 24.0 Å². The van der Waals surface area contributed by atoms with Gasteiger partial charge in [0.25, 0.3) is 0 Å². The van der Waals surface area contributed by atoms with Crippen LogP contribution >= 0.6 is 0 Å². The molecule has 102 valence electrons. The van der Waals surface area contributed by atoms with Gasteiger partial charge in [0.05, 0.1) is 0 Å². The van der Waals surface area contributed by atoms with E-state index in [1.165, 1.54) is 21.9 Å². The fraction of sp³-hybridized carbons (Fsp3) is 0.105. The average Bonchev–Trinajstić information content (AvgIpc) is 2.96. The zero-order chi connectivity index (χ0) is 14.2. The van der Waals surface area contributed by atoms with Gasteiger partial charge in [-0.15, -0.1) is 0 Å². The van der Waals surface area contributed by atoms with Crippen LogP contribution in [0.2, 0.25) is 0 Å². The number of benzene rings is 3. The molecular formula is C19H15NO. The fourth-order valence-electron chi connectivity index (χ4n) is 3.32. The normalized spacial score (nSPS) is 13.8. The minimum absolute atomic E-state index is 0.631. The molecule has 3 aromatic rings. The van der Waals surface area contributed by atoms with Crippen molar-refractivity contribution in [2.24, 2.45) is 5.16 Å². The summed E-state index contributed by atoms with van der Waals surface area (Å²) in [5.41, 5.74) is 5.35. The maximum Gasteiger partial charge on any atom is 0.117 e. The van der Waals surface area contributed by atoms with Crippen molar-refractivity contribution in [1.29, 1.82) is 0 Å². The van der Waals surface area contributed by atoms with Gasteiger partial charge in [-0.1, -0.05) is 65.8 Å². The SMILES string of the molecule is O/N=C(/c1ccccc1)c1ccc2c3c(cccc13)CC2. The summed E-state index contributed by atoms with van der Waals surface area (Å²) < 4.78 is 0. The fourth-order valence-corrected chi connectivity index (χ4v) is 3.32. The Morgan fingerprint density at radius 2 is 1.57 bits per heavy atom. The Bertz CT molecular complexity index is 840. The third-order valence-corrected chi connectivity index (χ3v) is 4.28. The highest BCUT2D eigenvalue weighted by Crippen LogP contribution is 2.33. The first kappa shape index (κ1) is 12.2. The van der Waals surface area contributed by atoms with Gasteiger partial charge in [-0.05, 0) is 34.7 Å². The molecule has 1 aliphatic rings. The van der Waals surface area contributed by atoms with Crippen LogP contribution in [0.4, 0.5) is 0 Å². The largest absolute Gasteiger partial charge is 0.410 e. The summed E-state index contributed by atoms with van der Waals surface area (Å²) in [4.78, 5) is 0. The Kier molecular flexibility index (Phi) is 2.74. The molecule has 0 saturated carbocycles. The van der Waals surface area contributed by atoms with Crippen molar-refractivity contribution in [1.82, 2.24) is 0 Å². The van der Waals surface area contributed by atoms with E-state index in [1.54, 1.807) is 0 Å². The van der Waals surface area contributed by atoms with Crippen molar-refractivity contribution >= 4 is 16.5 Å². The molecule has 0 aromatic heterocycles. The molecule has 1 aliphatic carbocycles. The van der Waals surface area contributed by atoms with Crippen LogP contribution in [-0.2, 0) is 12.8 Å². The van der Waals surface area contributed by atoms with Crippen LogP contribution in [0.15, 0.2) is 65.8 Å². The summed E-state index contributed by atoms with van der Waals surface area (Å²) in [6.07, 6.45) is 2.21. The molecule has 0 atom stereocenters. The molecule has 2 heteroatoms. The van der Waals surface area contributed by atoms with Crippen molar-refractivity contribution in [3.05, 3.63) is 82.9 Å². The molecule has 0 amide bonds. The van der Waals surface area contributed by atoms with Crippen LogP contribution in [0.5, 0.6) is 0 Å². The zero-order valence-electron chi connectivity index (χ0n) is 11.6. The Morgan fingerprint density at radius 3 is 2.33 bits per heavy atom. The lowest BCUT2D eigenvalue weighted by Gasteiger charge is -2.10. The number of hydrogen-bond donors (Lipinski definition) is 1. The van der Waals surface area contributed by atoms with E-state index in [0.29, 0.717) is 5.71 Å². The van der Waals surface area contributed by atoms with Gasteiger partial charge in [-0.3, -0.25) is 0 Å². The van der Waals surface area contributed by atoms with Gasteiger partial charge >= 0.3 is 0 Å². The van der Waals surface area contributed by atoms with Crippen LogP contribution < -0.4 is 0 Å². The highest BCUT2D eigenvalue weighted by atomic mass is 16.4. The van der Waals surface area contributed by atoms with E-state index in [-0.39, 0.29) is 0 Å². The van der Waals surface area contributed by atoms with Crippen LogP contribution in [-0.4, -0.2) is 10.9 Å². The van der Waals surface area contributed by atoms with Crippen LogP contribution in [0.1, 0.15) is 22.3 Å². The van der Waals surface area contributed by atoms with Crippen molar-refractivity contribution in [3.63, 3.8) is 0 Å². The first-order valence-electron chi connectivity index (χ1n) is 7.20. The molecular weight excluding hydrogens is 258 g/mol. The number of aryl methyl sites for hydroxylation is 2. The summed E-state index contributed by atoms with van der Waals surface area (Å²) in [6.45, 7) is 0. The summed E-state index contributed by atoms with van der Waals surface area (Å²) in [7, 11) is 0. The van der Waals surface area contributed by atoms with Gasteiger partial charge in [-0.25, -0.2) is 0 Å². The van der Waals surface area contributed by atoms with Gasteiger partial charge in [-0.2, -0.15) is 0 Å². The minimum atomic E-state index is 0.631. The number of nitrogens with zero attached hydrogens (tertiary/aromatic N) is 1. The Balaban J connectivity index is 2.00. The van der Waals surface area contributed by atoms with Gasteiger partial charge < -0.3 is 5.21 Å². The molecule has 0 bridgehead atoms. The number of hydrogen-bond acceptors (Lipinski definition) is 2. The van der Waals surface area contributed by atoms with Crippen LogP contribution in [0.25, 0.3) is 10.8 Å². The molecule has 21 heavy (non-hydrogen) atoms. The maximum atomic E-state index is 9.53. The smallest absolute Gasteiger partial charge is 0.117 e. The molecule has 0 radical (unpaired) electrons. The van der Waals surface area contributed by atoms with E-state index in [4.69, 9.17) is 0 Å². The number of oxime groups is 1. The molecule has 0 aliphatic heterocycles. The van der Waals surface area contributed by atoms with Gasteiger partial charge in [0.2, 0.25) is 0 Å². The highest BCUT2D eigenvalue weighted by Gasteiger charge is 2.18. The van der Waals surface area contributed by atoms with Crippen molar-refractivity contribution < 1.29 is 5.21 Å². The molecule has 3 aromatic carbocycles. The van der Waals surface area contributed by atoms with Crippen LogP contribution in [0, 0.1) is 0 Å². The van der Waals surface area contributed by atoms with Crippen LogP contribution in [0.3, 0.4) is 0 Å². The van der Waals surface area contributed by atoms with Gasteiger partial charge in [0.15, 0.2) is 0 Å². The lowest BCUT2D eigenvalue weighted by molar-refractivity contribution is 0.319. The molecule has 4 rings (SSSR count). The Morgan fingerprint density at radius 1 is 0.810 bits per heavy atom. The summed E-state index contributed by atoms with van der Waals surface area (Å²) in [5, 5.41) is 15.6. The third kappa shape index (κ3) is 1.83. The summed E-state index contributed by atoms with van der Waals surface area (Å²) in [6, 6.07) is 20.5. The topological polar surface area (TPSA) is 32.6 Å². The molecule has 0 heterocycles. The van der Waals surface area contributed by atoms with E-state index in [9.17, 15) is 5.21 Å². The van der Waals surface area contributed by atoms with E-state index < -0.39 is 0 Å². The first-order chi connectivity index (χ1) is 10.4. The second-order valence-corrected chi connectivity index (χ2v) is 5.43. The Labute approximate surface area is 123 Å². The molecule has 0 unspecified atom stereocenters. The second-order valence-electron chi connectivity index (χ2n) is 5.43. The molecule has 0 fully saturated rings. The summed E-state index contributed by atoms with van der Waals surface area (Å²) in [5.74, 6) is 0. The average molecular weight is 273 g/mol. The predicted molar refractivity (Wildman–Crippen MR) is 85.2 cm³/mol. The second kappa shape index (κ2) is 4.74. The molecule has 2 nitrogen and oxygen atoms in total. The van der Waals surface area contributed by atoms with E-state index in [2.05, 4.69) is 35.5 Å². The third-order valence-electron chi connectivity index (χ3n) is 4.28. The summed E-state index contributed by atoms with van der Waals surface area (Å²) >= 11 is 0. The molecule has 1 N–H and O–H groups in total. The maximum absolute atomic E-state index is 9.53. The lowest BCUT2D eigenvalue weighted by Crippen LogP contribution is -2.04.